The molecule has 1 N–H and O–H groups in total. The molecule has 1 unspecified atom stereocenters. The van der Waals surface area contributed by atoms with Gasteiger partial charge in [-0.05, 0) is 54.9 Å². The predicted octanol–water partition coefficient (Wildman–Crippen LogP) is 5.60. The van der Waals surface area contributed by atoms with Crippen LogP contribution in [0.25, 0.3) is 11.0 Å². The van der Waals surface area contributed by atoms with Crippen molar-refractivity contribution < 1.29 is 17.8 Å². The number of furan rings is 1. The highest BCUT2D eigenvalue weighted by Crippen LogP contribution is 2.41. The van der Waals surface area contributed by atoms with Crippen molar-refractivity contribution in [3.63, 3.8) is 0 Å². The van der Waals surface area contributed by atoms with Crippen molar-refractivity contribution in [1.29, 1.82) is 0 Å². The smallest absolute Gasteiger partial charge is 0.270 e. The minimum atomic E-state index is -3.99. The minimum absolute atomic E-state index is 0.108. The Hall–Kier alpha value is -2.87. The van der Waals surface area contributed by atoms with E-state index in [4.69, 9.17) is 4.42 Å². The van der Waals surface area contributed by atoms with Gasteiger partial charge in [-0.15, -0.1) is 0 Å². The van der Waals surface area contributed by atoms with Crippen LogP contribution in [0.15, 0.2) is 45.7 Å². The number of hydrogen-bond acceptors (Lipinski definition) is 5. The van der Waals surface area contributed by atoms with Gasteiger partial charge in [0.1, 0.15) is 11.3 Å². The number of benzene rings is 2. The quantitative estimate of drug-likeness (QED) is 0.418. The van der Waals surface area contributed by atoms with Gasteiger partial charge in [0.2, 0.25) is 0 Å². The molecule has 1 aliphatic carbocycles. The number of fused-ring (bicyclic) bond motifs is 3. The molecule has 3 aromatic rings. The summed E-state index contributed by atoms with van der Waals surface area (Å²) < 4.78 is 34.6. The lowest BCUT2D eigenvalue weighted by atomic mass is 9.71. The summed E-state index contributed by atoms with van der Waals surface area (Å²) in [5, 5.41) is 12.0. The maximum atomic E-state index is 13.0. The van der Waals surface area contributed by atoms with Gasteiger partial charge in [-0.1, -0.05) is 26.8 Å². The van der Waals surface area contributed by atoms with Crippen molar-refractivity contribution in [2.45, 2.75) is 51.9 Å². The highest BCUT2D eigenvalue weighted by atomic mass is 32.2. The number of nitrogens with zero attached hydrogens (tertiary/aromatic N) is 1. The molecule has 0 saturated carbocycles. The Morgan fingerprint density at radius 1 is 1.16 bits per heavy atom. The summed E-state index contributed by atoms with van der Waals surface area (Å²) in [4.78, 5) is 10.4. The summed E-state index contributed by atoms with van der Waals surface area (Å²) in [6.45, 7) is 8.34. The molecule has 0 aliphatic heterocycles. The molecule has 164 valence electrons. The van der Waals surface area contributed by atoms with E-state index < -0.39 is 14.9 Å². The Labute approximate surface area is 181 Å². The fraction of sp³-hybridized carbons (Fsp3) is 0.391. The Morgan fingerprint density at radius 3 is 2.58 bits per heavy atom. The van der Waals surface area contributed by atoms with Crippen LogP contribution in [0.3, 0.4) is 0 Å². The average molecular weight is 443 g/mol. The summed E-state index contributed by atoms with van der Waals surface area (Å²) in [5.74, 6) is 1.50. The number of non-ortho nitro benzene ring substituents is 1. The van der Waals surface area contributed by atoms with Gasteiger partial charge < -0.3 is 4.42 Å². The van der Waals surface area contributed by atoms with Crippen LogP contribution in [0.5, 0.6) is 0 Å². The lowest BCUT2D eigenvalue weighted by Gasteiger charge is -2.33. The molecule has 0 spiro atoms. The van der Waals surface area contributed by atoms with Crippen LogP contribution in [0.2, 0.25) is 0 Å². The summed E-state index contributed by atoms with van der Waals surface area (Å²) in [7, 11) is -3.99. The normalized spacial score (nSPS) is 16.8. The number of nitro benzene ring substituents is 1. The van der Waals surface area contributed by atoms with E-state index in [-0.39, 0.29) is 16.0 Å². The highest BCUT2D eigenvalue weighted by molar-refractivity contribution is 7.92. The van der Waals surface area contributed by atoms with E-state index in [0.29, 0.717) is 17.2 Å². The van der Waals surface area contributed by atoms with E-state index in [9.17, 15) is 18.5 Å². The summed E-state index contributed by atoms with van der Waals surface area (Å²) >= 11 is 0. The van der Waals surface area contributed by atoms with Gasteiger partial charge in [-0.2, -0.15) is 0 Å². The van der Waals surface area contributed by atoms with Gasteiger partial charge in [-0.25, -0.2) is 8.42 Å². The molecule has 2 aromatic carbocycles. The van der Waals surface area contributed by atoms with Crippen LogP contribution in [-0.4, -0.2) is 13.3 Å². The number of anilines is 1. The molecule has 0 amide bonds. The van der Waals surface area contributed by atoms with E-state index in [1.165, 1.54) is 12.1 Å². The number of hydrogen-bond donors (Lipinski definition) is 1. The zero-order valence-corrected chi connectivity index (χ0v) is 18.9. The van der Waals surface area contributed by atoms with Crippen molar-refractivity contribution in [1.82, 2.24) is 0 Å². The van der Waals surface area contributed by atoms with Crippen LogP contribution in [0.4, 0.5) is 11.4 Å². The van der Waals surface area contributed by atoms with Crippen molar-refractivity contribution in [2.24, 2.45) is 11.3 Å². The number of aryl methyl sites for hydroxylation is 2. The second kappa shape index (κ2) is 7.37. The zero-order chi connectivity index (χ0) is 22.6. The SMILES string of the molecule is Cc1ccc([N+](=O)[O-])cc1S(=O)(=O)Nc1ccc2oc3c(c2c1)CC(C(C)(C)C)CC3. The number of nitrogens with one attached hydrogen (secondary N) is 1. The Morgan fingerprint density at radius 2 is 1.90 bits per heavy atom. The summed E-state index contributed by atoms with van der Waals surface area (Å²) in [5.41, 5.74) is 2.65. The van der Waals surface area contributed by atoms with Crippen molar-refractivity contribution in [3.8, 4) is 0 Å². The molecule has 0 saturated heterocycles. The third-order valence-electron chi connectivity index (χ3n) is 6.19. The lowest BCUT2D eigenvalue weighted by Crippen LogP contribution is -2.26. The average Bonchev–Trinajstić information content (AvgIpc) is 3.04. The second-order valence-electron chi connectivity index (χ2n) is 9.33. The van der Waals surface area contributed by atoms with Gasteiger partial charge >= 0.3 is 0 Å². The number of nitro groups is 1. The fourth-order valence-corrected chi connectivity index (χ4v) is 5.60. The Balaban J connectivity index is 1.70. The topological polar surface area (TPSA) is 102 Å². The van der Waals surface area contributed by atoms with Crippen molar-refractivity contribution in [2.75, 3.05) is 4.72 Å². The lowest BCUT2D eigenvalue weighted by molar-refractivity contribution is -0.385. The molecule has 1 aliphatic rings. The van der Waals surface area contributed by atoms with Gasteiger partial charge in [-0.3, -0.25) is 14.8 Å². The first-order valence-corrected chi connectivity index (χ1v) is 11.8. The maximum absolute atomic E-state index is 13.0. The van der Waals surface area contributed by atoms with Crippen LogP contribution < -0.4 is 4.72 Å². The fourth-order valence-electron chi connectivity index (χ4n) is 4.28. The van der Waals surface area contributed by atoms with E-state index in [1.807, 2.05) is 0 Å². The van der Waals surface area contributed by atoms with Crippen LogP contribution in [0, 0.1) is 28.4 Å². The molecule has 1 atom stereocenters. The van der Waals surface area contributed by atoms with Crippen LogP contribution in [0.1, 0.15) is 44.1 Å². The molecule has 31 heavy (non-hydrogen) atoms. The standard InChI is InChI=1S/C23H26N2O5S/c1-14-5-8-17(25(26)27)13-22(14)31(28,29)24-16-7-10-21-19(12-16)18-11-15(23(2,3)4)6-9-20(18)30-21/h5,7-8,10,12-13,15,24H,6,9,11H2,1-4H3. The molecule has 0 fully saturated rings. The van der Waals surface area contributed by atoms with Gasteiger partial charge in [0, 0.05) is 35.2 Å². The molecule has 0 radical (unpaired) electrons. The molecule has 4 rings (SSSR count). The highest BCUT2D eigenvalue weighted by Gasteiger charge is 2.32. The monoisotopic (exact) mass is 442 g/mol. The molecule has 1 heterocycles. The zero-order valence-electron chi connectivity index (χ0n) is 18.1. The first-order valence-electron chi connectivity index (χ1n) is 10.3. The maximum Gasteiger partial charge on any atom is 0.270 e. The molecular formula is C23H26N2O5S. The largest absolute Gasteiger partial charge is 0.461 e. The third-order valence-corrected chi connectivity index (χ3v) is 7.72. The van der Waals surface area contributed by atoms with Crippen molar-refractivity contribution in [3.05, 3.63) is 63.4 Å². The van der Waals surface area contributed by atoms with Gasteiger partial charge in [0.25, 0.3) is 15.7 Å². The minimum Gasteiger partial charge on any atom is -0.461 e. The molecule has 0 bridgehead atoms. The molecule has 1 aromatic heterocycles. The Kier molecular flexibility index (Phi) is 5.08. The first-order chi connectivity index (χ1) is 14.5. The van der Waals surface area contributed by atoms with E-state index in [0.717, 1.165) is 47.6 Å². The van der Waals surface area contributed by atoms with Crippen LogP contribution >= 0.6 is 0 Å². The molecule has 8 heteroatoms. The van der Waals surface area contributed by atoms with Gasteiger partial charge in [0.05, 0.1) is 9.82 Å². The van der Waals surface area contributed by atoms with Crippen LogP contribution in [-0.2, 0) is 22.9 Å². The van der Waals surface area contributed by atoms with Crippen molar-refractivity contribution >= 4 is 32.4 Å². The summed E-state index contributed by atoms with van der Waals surface area (Å²) in [6, 6.07) is 9.05. The van der Waals surface area contributed by atoms with Gasteiger partial charge in [0.15, 0.2) is 0 Å². The Bertz CT molecular complexity index is 1290. The predicted molar refractivity (Wildman–Crippen MR) is 120 cm³/mol. The molecule has 7 nitrogen and oxygen atoms in total. The third kappa shape index (κ3) is 4.04. The number of sulfonamides is 1. The van der Waals surface area contributed by atoms with E-state index in [1.54, 1.807) is 25.1 Å². The first kappa shape index (κ1) is 21.4. The molecular weight excluding hydrogens is 416 g/mol. The number of rotatable bonds is 4. The van der Waals surface area contributed by atoms with E-state index >= 15 is 0 Å². The van der Waals surface area contributed by atoms with E-state index in [2.05, 4.69) is 25.5 Å². The second-order valence-corrected chi connectivity index (χ2v) is 11.0. The summed E-state index contributed by atoms with van der Waals surface area (Å²) in [6.07, 6.45) is 2.84.